The maximum atomic E-state index is 6.12. The van der Waals surface area contributed by atoms with Gasteiger partial charge in [0, 0.05) is 6.20 Å². The lowest BCUT2D eigenvalue weighted by Gasteiger charge is -2.06. The molecule has 0 spiro atoms. The number of fused-ring (bicyclic) bond motifs is 1. The van der Waals surface area contributed by atoms with Gasteiger partial charge in [0.15, 0.2) is 11.5 Å². The van der Waals surface area contributed by atoms with E-state index in [1.165, 1.54) is 0 Å². The molecule has 84 valence electrons. The molecular formula is C11H8ClN5. The predicted molar refractivity (Wildman–Crippen MR) is 63.8 cm³/mol. The number of halogens is 1. The van der Waals surface area contributed by atoms with Crippen molar-refractivity contribution >= 4 is 17.2 Å². The summed E-state index contributed by atoms with van der Waals surface area (Å²) in [6.45, 7) is 1.84. The van der Waals surface area contributed by atoms with Crippen molar-refractivity contribution in [3.63, 3.8) is 0 Å². The van der Waals surface area contributed by atoms with Gasteiger partial charge in [-0.15, -0.1) is 10.2 Å². The summed E-state index contributed by atoms with van der Waals surface area (Å²) in [4.78, 5) is 8.70. The standard InChI is InChI=1S/C11H8ClN5/c1-7-9(12)11-16-14-6-17(11)10(15-7)8-4-2-3-5-13-8/h2-6H,1H3. The second kappa shape index (κ2) is 3.78. The van der Waals surface area contributed by atoms with E-state index in [2.05, 4.69) is 20.2 Å². The third kappa shape index (κ3) is 1.55. The molecule has 3 aromatic rings. The first-order chi connectivity index (χ1) is 8.27. The molecular weight excluding hydrogens is 238 g/mol. The van der Waals surface area contributed by atoms with Crippen LogP contribution in [0.2, 0.25) is 5.02 Å². The van der Waals surface area contributed by atoms with Crippen LogP contribution in [0.15, 0.2) is 30.7 Å². The Bertz CT molecular complexity index is 677. The number of hydrogen-bond acceptors (Lipinski definition) is 4. The van der Waals surface area contributed by atoms with Crippen molar-refractivity contribution in [3.8, 4) is 11.5 Å². The Labute approximate surface area is 102 Å². The van der Waals surface area contributed by atoms with E-state index in [1.807, 2.05) is 25.1 Å². The number of rotatable bonds is 1. The topological polar surface area (TPSA) is 56.0 Å². The Morgan fingerprint density at radius 2 is 2.18 bits per heavy atom. The fourth-order valence-corrected chi connectivity index (χ4v) is 1.81. The average Bonchev–Trinajstić information content (AvgIpc) is 2.84. The van der Waals surface area contributed by atoms with Crippen LogP contribution in [0.1, 0.15) is 5.69 Å². The van der Waals surface area contributed by atoms with Gasteiger partial charge in [-0.1, -0.05) is 17.7 Å². The molecule has 0 aliphatic heterocycles. The van der Waals surface area contributed by atoms with Gasteiger partial charge in [0.1, 0.15) is 17.0 Å². The molecule has 3 heterocycles. The summed E-state index contributed by atoms with van der Waals surface area (Å²) in [5.74, 6) is 0.688. The van der Waals surface area contributed by atoms with Crippen LogP contribution in [0.5, 0.6) is 0 Å². The van der Waals surface area contributed by atoms with Crippen molar-refractivity contribution in [2.45, 2.75) is 6.92 Å². The van der Waals surface area contributed by atoms with Gasteiger partial charge in [0.05, 0.1) is 5.69 Å². The molecule has 6 heteroatoms. The Kier molecular flexibility index (Phi) is 2.26. The molecule has 0 saturated carbocycles. The second-order valence-corrected chi connectivity index (χ2v) is 3.95. The largest absolute Gasteiger partial charge is 0.262 e. The van der Waals surface area contributed by atoms with Crippen LogP contribution in [-0.2, 0) is 0 Å². The van der Waals surface area contributed by atoms with E-state index >= 15 is 0 Å². The third-order valence-electron chi connectivity index (χ3n) is 2.46. The lowest BCUT2D eigenvalue weighted by atomic mass is 10.3. The molecule has 3 aromatic heterocycles. The van der Waals surface area contributed by atoms with Crippen LogP contribution in [0.3, 0.4) is 0 Å². The fraction of sp³-hybridized carbons (Fsp3) is 0.0909. The first-order valence-corrected chi connectivity index (χ1v) is 5.42. The first kappa shape index (κ1) is 10.2. The summed E-state index contributed by atoms with van der Waals surface area (Å²) in [6, 6.07) is 5.65. The quantitative estimate of drug-likeness (QED) is 0.659. The SMILES string of the molecule is Cc1nc(-c2ccccn2)n2cnnc2c1Cl. The Morgan fingerprint density at radius 1 is 1.29 bits per heavy atom. The smallest absolute Gasteiger partial charge is 0.183 e. The highest BCUT2D eigenvalue weighted by atomic mass is 35.5. The van der Waals surface area contributed by atoms with E-state index in [-0.39, 0.29) is 0 Å². The van der Waals surface area contributed by atoms with Crippen molar-refractivity contribution in [1.82, 2.24) is 24.6 Å². The van der Waals surface area contributed by atoms with Crippen molar-refractivity contribution in [2.75, 3.05) is 0 Å². The molecule has 0 bridgehead atoms. The number of nitrogens with zero attached hydrogens (tertiary/aromatic N) is 5. The molecule has 3 rings (SSSR count). The molecule has 5 nitrogen and oxygen atoms in total. The minimum absolute atomic E-state index is 0.516. The number of pyridine rings is 1. The third-order valence-corrected chi connectivity index (χ3v) is 2.90. The van der Waals surface area contributed by atoms with Gasteiger partial charge in [-0.2, -0.15) is 0 Å². The van der Waals surface area contributed by atoms with E-state index in [0.717, 1.165) is 5.69 Å². The monoisotopic (exact) mass is 245 g/mol. The molecule has 0 aromatic carbocycles. The predicted octanol–water partition coefficient (Wildman–Crippen LogP) is 2.15. The summed E-state index contributed by atoms with van der Waals surface area (Å²) >= 11 is 6.12. The normalized spacial score (nSPS) is 10.9. The number of aromatic nitrogens is 5. The molecule has 0 radical (unpaired) electrons. The van der Waals surface area contributed by atoms with E-state index in [0.29, 0.717) is 22.2 Å². The van der Waals surface area contributed by atoms with Crippen LogP contribution >= 0.6 is 11.6 Å². The zero-order valence-electron chi connectivity index (χ0n) is 9.00. The molecule has 0 fully saturated rings. The van der Waals surface area contributed by atoms with Crippen LogP contribution in [0.4, 0.5) is 0 Å². The molecule has 0 saturated heterocycles. The molecule has 0 amide bonds. The molecule has 0 aliphatic carbocycles. The van der Waals surface area contributed by atoms with Crippen molar-refractivity contribution < 1.29 is 0 Å². The summed E-state index contributed by atoms with van der Waals surface area (Å²) in [7, 11) is 0. The Hall–Kier alpha value is -2.01. The lowest BCUT2D eigenvalue weighted by molar-refractivity contribution is 1.04. The number of hydrogen-bond donors (Lipinski definition) is 0. The van der Waals surface area contributed by atoms with Crippen LogP contribution in [0.25, 0.3) is 17.2 Å². The molecule has 0 atom stereocenters. The van der Waals surface area contributed by atoms with Gasteiger partial charge in [0.25, 0.3) is 0 Å². The van der Waals surface area contributed by atoms with E-state index < -0.39 is 0 Å². The number of aryl methyl sites for hydroxylation is 1. The molecule has 0 aliphatic rings. The maximum absolute atomic E-state index is 6.12. The van der Waals surface area contributed by atoms with Crippen LogP contribution in [-0.4, -0.2) is 24.6 Å². The van der Waals surface area contributed by atoms with Crippen LogP contribution < -0.4 is 0 Å². The van der Waals surface area contributed by atoms with Gasteiger partial charge in [-0.25, -0.2) is 4.98 Å². The minimum Gasteiger partial charge on any atom is -0.262 e. The zero-order valence-corrected chi connectivity index (χ0v) is 9.76. The van der Waals surface area contributed by atoms with Crippen molar-refractivity contribution in [3.05, 3.63) is 41.4 Å². The van der Waals surface area contributed by atoms with Gasteiger partial charge in [0.2, 0.25) is 0 Å². The van der Waals surface area contributed by atoms with Crippen molar-refractivity contribution in [1.29, 1.82) is 0 Å². The highest BCUT2D eigenvalue weighted by Crippen LogP contribution is 2.23. The van der Waals surface area contributed by atoms with E-state index in [4.69, 9.17) is 11.6 Å². The maximum Gasteiger partial charge on any atom is 0.183 e. The highest BCUT2D eigenvalue weighted by molar-refractivity contribution is 6.34. The lowest BCUT2D eigenvalue weighted by Crippen LogP contribution is -2.00. The summed E-state index contributed by atoms with van der Waals surface area (Å²) in [6.07, 6.45) is 3.30. The minimum atomic E-state index is 0.516. The Morgan fingerprint density at radius 3 is 2.94 bits per heavy atom. The van der Waals surface area contributed by atoms with Gasteiger partial charge in [-0.05, 0) is 19.1 Å². The summed E-state index contributed by atoms with van der Waals surface area (Å²) in [5, 5.41) is 8.34. The Balaban J connectivity index is 2.38. The zero-order chi connectivity index (χ0) is 11.8. The highest BCUT2D eigenvalue weighted by Gasteiger charge is 2.13. The summed E-state index contributed by atoms with van der Waals surface area (Å²) in [5.41, 5.74) is 2.07. The average molecular weight is 246 g/mol. The van der Waals surface area contributed by atoms with Gasteiger partial charge >= 0.3 is 0 Å². The molecule has 0 unspecified atom stereocenters. The van der Waals surface area contributed by atoms with E-state index in [1.54, 1.807) is 16.9 Å². The molecule has 0 N–H and O–H groups in total. The summed E-state index contributed by atoms with van der Waals surface area (Å²) < 4.78 is 1.73. The van der Waals surface area contributed by atoms with Gasteiger partial charge < -0.3 is 0 Å². The molecule has 17 heavy (non-hydrogen) atoms. The first-order valence-electron chi connectivity index (χ1n) is 5.04. The van der Waals surface area contributed by atoms with Gasteiger partial charge in [-0.3, -0.25) is 9.38 Å². The van der Waals surface area contributed by atoms with Crippen LogP contribution in [0, 0.1) is 6.92 Å². The van der Waals surface area contributed by atoms with E-state index in [9.17, 15) is 0 Å². The van der Waals surface area contributed by atoms with Crippen molar-refractivity contribution in [2.24, 2.45) is 0 Å². The fourth-order valence-electron chi connectivity index (χ4n) is 1.64. The second-order valence-electron chi connectivity index (χ2n) is 3.57.